The molecule has 3 heterocycles. The lowest BCUT2D eigenvalue weighted by molar-refractivity contribution is -0.171. The summed E-state index contributed by atoms with van der Waals surface area (Å²) in [6, 6.07) is 7.80. The summed E-state index contributed by atoms with van der Waals surface area (Å²) in [5, 5.41) is 1.47. The van der Waals surface area contributed by atoms with Crippen LogP contribution in [0.4, 0.5) is 0 Å². The second-order valence-corrected chi connectivity index (χ2v) is 12.0. The van der Waals surface area contributed by atoms with Crippen molar-refractivity contribution in [3.63, 3.8) is 0 Å². The van der Waals surface area contributed by atoms with Crippen molar-refractivity contribution < 1.29 is 27.4 Å². The summed E-state index contributed by atoms with van der Waals surface area (Å²) < 4.78 is 44.4. The second kappa shape index (κ2) is 9.80. The monoisotopic (exact) mass is 561 g/mol. The van der Waals surface area contributed by atoms with E-state index in [1.54, 1.807) is 25.4 Å². The van der Waals surface area contributed by atoms with Crippen LogP contribution in [-0.2, 0) is 29.8 Å². The van der Waals surface area contributed by atoms with Crippen molar-refractivity contribution in [1.29, 1.82) is 0 Å². The zero-order chi connectivity index (χ0) is 26.4. The number of carbonyl (C=O) groups is 1. The first kappa shape index (κ1) is 25.8. The van der Waals surface area contributed by atoms with Crippen molar-refractivity contribution in [1.82, 2.24) is 13.9 Å². The van der Waals surface area contributed by atoms with Crippen molar-refractivity contribution in [3.8, 4) is 10.4 Å². The molecule has 9 nitrogen and oxygen atoms in total. The van der Waals surface area contributed by atoms with Crippen LogP contribution in [0.3, 0.4) is 0 Å². The Morgan fingerprint density at radius 2 is 1.89 bits per heavy atom. The summed E-state index contributed by atoms with van der Waals surface area (Å²) in [6.07, 6.45) is 5.71. The van der Waals surface area contributed by atoms with Crippen molar-refractivity contribution in [2.24, 2.45) is 0 Å². The summed E-state index contributed by atoms with van der Waals surface area (Å²) in [7, 11) is -1.43. The molecule has 1 fully saturated rings. The molecule has 1 aliphatic rings. The fourth-order valence-electron chi connectivity index (χ4n) is 4.35. The van der Waals surface area contributed by atoms with Gasteiger partial charge in [0.2, 0.25) is 0 Å². The molecule has 0 spiro atoms. The number of benzene rings is 1. The number of carbonyl (C=O) groups excluding carboxylic acids is 1. The molecule has 4 aromatic rings. The van der Waals surface area contributed by atoms with Crippen molar-refractivity contribution in [2.75, 3.05) is 21.0 Å². The summed E-state index contributed by atoms with van der Waals surface area (Å²) in [5.41, 5.74) is 0.785. The molecule has 0 aliphatic heterocycles. The molecular weight excluding hydrogens is 538 g/mol. The predicted octanol–water partition coefficient (Wildman–Crippen LogP) is 5.14. The van der Waals surface area contributed by atoms with E-state index in [0.29, 0.717) is 20.8 Å². The molecular formula is C25H24ClN3O6S2. The number of aryl methyl sites for hydroxylation is 1. The zero-order valence-corrected chi connectivity index (χ0v) is 22.7. The number of aromatic nitrogens is 3. The van der Waals surface area contributed by atoms with Crippen molar-refractivity contribution in [3.05, 3.63) is 64.0 Å². The van der Waals surface area contributed by atoms with Crippen LogP contribution in [0.5, 0.6) is 0 Å². The Labute approximate surface area is 223 Å². The lowest BCUT2D eigenvalue weighted by Gasteiger charge is -2.39. The van der Waals surface area contributed by atoms with Crippen LogP contribution in [0, 0.1) is 6.92 Å². The molecule has 1 saturated carbocycles. The van der Waals surface area contributed by atoms with Crippen LogP contribution in [0.25, 0.3) is 21.5 Å². The van der Waals surface area contributed by atoms with Gasteiger partial charge in [0.05, 0.1) is 21.9 Å². The van der Waals surface area contributed by atoms with Crippen LogP contribution in [0.1, 0.15) is 40.3 Å². The van der Waals surface area contributed by atoms with Crippen LogP contribution in [-0.4, -0.2) is 49.3 Å². The fraction of sp³-hybridized carbons (Fsp3) is 0.320. The number of esters is 1. The van der Waals surface area contributed by atoms with Crippen LogP contribution >= 0.6 is 22.9 Å². The van der Waals surface area contributed by atoms with E-state index in [0.717, 1.165) is 33.8 Å². The quantitative estimate of drug-likeness (QED) is 0.215. The Morgan fingerprint density at radius 3 is 2.51 bits per heavy atom. The number of methoxy groups -OCH3 is 2. The highest BCUT2D eigenvalue weighted by molar-refractivity contribution is 7.90. The lowest BCUT2D eigenvalue weighted by atomic mass is 9.80. The molecule has 0 N–H and O–H groups in total. The van der Waals surface area contributed by atoms with Gasteiger partial charge < -0.3 is 14.2 Å². The minimum Gasteiger partial charge on any atom is -0.464 e. The minimum absolute atomic E-state index is 0.0151. The molecule has 3 aromatic heterocycles. The second-order valence-electron chi connectivity index (χ2n) is 8.75. The van der Waals surface area contributed by atoms with E-state index in [-0.39, 0.29) is 23.0 Å². The average molecular weight is 562 g/mol. The Bertz CT molecular complexity index is 1590. The molecule has 0 amide bonds. The maximum Gasteiger partial charge on any atom is 0.355 e. The van der Waals surface area contributed by atoms with Gasteiger partial charge in [0.15, 0.2) is 5.65 Å². The van der Waals surface area contributed by atoms with E-state index in [2.05, 4.69) is 9.97 Å². The molecule has 1 aromatic carbocycles. The van der Waals surface area contributed by atoms with Gasteiger partial charge in [-0.15, -0.1) is 11.3 Å². The third-order valence-electron chi connectivity index (χ3n) is 6.45. The SMILES string of the molecule is COCOC1(c2ncc(-c3c(Cl)cnc4c3cc(C(=O)OC)n4S(=O)(=O)c3ccc(C)cc3)s2)CCC1. The van der Waals surface area contributed by atoms with E-state index in [4.69, 9.17) is 25.8 Å². The van der Waals surface area contributed by atoms with Gasteiger partial charge in [-0.1, -0.05) is 29.3 Å². The highest BCUT2D eigenvalue weighted by atomic mass is 35.5. The Morgan fingerprint density at radius 1 is 1.16 bits per heavy atom. The number of hydrogen-bond donors (Lipinski definition) is 0. The number of fused-ring (bicyclic) bond motifs is 1. The minimum atomic E-state index is -4.20. The summed E-state index contributed by atoms with van der Waals surface area (Å²) in [5.74, 6) is -0.817. The third-order valence-corrected chi connectivity index (χ3v) is 9.66. The van der Waals surface area contributed by atoms with Gasteiger partial charge in [-0.2, -0.15) is 0 Å². The summed E-state index contributed by atoms with van der Waals surface area (Å²) >= 11 is 8.01. The molecule has 0 saturated heterocycles. The number of halogens is 1. The maximum atomic E-state index is 13.7. The summed E-state index contributed by atoms with van der Waals surface area (Å²) in [6.45, 7) is 2.01. The van der Waals surface area contributed by atoms with Gasteiger partial charge in [0.1, 0.15) is 23.1 Å². The third kappa shape index (κ3) is 4.34. The van der Waals surface area contributed by atoms with E-state index >= 15 is 0 Å². The Kier molecular flexibility index (Phi) is 6.84. The number of ether oxygens (including phenoxy) is 3. The number of thiazole rings is 1. The molecule has 0 unspecified atom stereocenters. The molecule has 0 atom stereocenters. The molecule has 194 valence electrons. The fourth-order valence-corrected chi connectivity index (χ4v) is 7.29. The van der Waals surface area contributed by atoms with E-state index in [1.165, 1.54) is 42.8 Å². The predicted molar refractivity (Wildman–Crippen MR) is 139 cm³/mol. The van der Waals surface area contributed by atoms with Gasteiger partial charge in [-0.05, 0) is 44.4 Å². The smallest absolute Gasteiger partial charge is 0.355 e. The number of hydrogen-bond acceptors (Lipinski definition) is 9. The molecule has 37 heavy (non-hydrogen) atoms. The number of nitrogens with zero attached hydrogens (tertiary/aromatic N) is 3. The highest BCUT2D eigenvalue weighted by Gasteiger charge is 2.43. The Hall–Kier alpha value is -2.83. The van der Waals surface area contributed by atoms with Crippen molar-refractivity contribution in [2.45, 2.75) is 36.7 Å². The Balaban J connectivity index is 1.70. The van der Waals surface area contributed by atoms with Gasteiger partial charge in [0.25, 0.3) is 10.0 Å². The molecule has 5 rings (SSSR count). The largest absolute Gasteiger partial charge is 0.464 e. The maximum absolute atomic E-state index is 13.7. The molecule has 1 aliphatic carbocycles. The van der Waals surface area contributed by atoms with Crippen LogP contribution in [0.15, 0.2) is 47.6 Å². The zero-order valence-electron chi connectivity index (χ0n) is 20.4. The number of pyridine rings is 1. The first-order chi connectivity index (χ1) is 17.7. The average Bonchev–Trinajstić information content (AvgIpc) is 3.49. The first-order valence-electron chi connectivity index (χ1n) is 11.4. The van der Waals surface area contributed by atoms with E-state index in [9.17, 15) is 13.2 Å². The standard InChI is InChI=1S/C25H24ClN3O6S2/c1-15-5-7-16(8-6-15)37(31,32)29-19(23(30)34-3)11-17-21(18(26)12-27-22(17)29)20-13-28-24(36-20)25(9-4-10-25)35-14-33-2/h5-8,11-13H,4,9-10,14H2,1-3H3. The highest BCUT2D eigenvalue weighted by Crippen LogP contribution is 2.48. The molecule has 0 radical (unpaired) electrons. The normalized spacial score (nSPS) is 15.0. The van der Waals surface area contributed by atoms with E-state index in [1.807, 2.05) is 6.92 Å². The summed E-state index contributed by atoms with van der Waals surface area (Å²) in [4.78, 5) is 22.4. The van der Waals surface area contributed by atoms with E-state index < -0.39 is 21.6 Å². The van der Waals surface area contributed by atoms with Gasteiger partial charge in [-0.25, -0.2) is 27.2 Å². The first-order valence-corrected chi connectivity index (χ1v) is 14.1. The number of rotatable bonds is 8. The van der Waals surface area contributed by atoms with Crippen LogP contribution in [0.2, 0.25) is 5.02 Å². The van der Waals surface area contributed by atoms with Gasteiger partial charge >= 0.3 is 5.97 Å². The van der Waals surface area contributed by atoms with Crippen LogP contribution < -0.4 is 0 Å². The topological polar surface area (TPSA) is 110 Å². The van der Waals surface area contributed by atoms with Gasteiger partial charge in [-0.3, -0.25) is 0 Å². The molecule has 0 bridgehead atoms. The lowest BCUT2D eigenvalue weighted by Crippen LogP contribution is -2.37. The van der Waals surface area contributed by atoms with Crippen molar-refractivity contribution >= 4 is 50.0 Å². The van der Waals surface area contributed by atoms with Gasteiger partial charge in [0, 0.05) is 30.5 Å². The molecule has 12 heteroatoms.